The second-order valence-corrected chi connectivity index (χ2v) is 5.23. The highest BCUT2D eigenvalue weighted by molar-refractivity contribution is 5.32. The van der Waals surface area contributed by atoms with Gasteiger partial charge in [-0.2, -0.15) is 13.2 Å². The molecule has 5 heteroatoms. The van der Waals surface area contributed by atoms with E-state index in [9.17, 15) is 17.6 Å². The van der Waals surface area contributed by atoms with Crippen LogP contribution in [0, 0.1) is 5.82 Å². The molecule has 0 saturated carbocycles. The van der Waals surface area contributed by atoms with Crippen molar-refractivity contribution < 1.29 is 17.6 Å². The molecule has 18 heavy (non-hydrogen) atoms. The van der Waals surface area contributed by atoms with Gasteiger partial charge >= 0.3 is 6.18 Å². The Morgan fingerprint density at radius 3 is 2.44 bits per heavy atom. The molecule has 0 amide bonds. The third kappa shape index (κ3) is 2.36. The molecule has 1 aromatic rings. The van der Waals surface area contributed by atoms with E-state index in [0.29, 0.717) is 5.56 Å². The first-order valence-electron chi connectivity index (χ1n) is 5.83. The van der Waals surface area contributed by atoms with Gasteiger partial charge in [0.05, 0.1) is 5.56 Å². The van der Waals surface area contributed by atoms with Gasteiger partial charge in [0.2, 0.25) is 0 Å². The molecule has 0 bridgehead atoms. The summed E-state index contributed by atoms with van der Waals surface area (Å²) in [5.41, 5.74) is -0.901. The average Bonchev–Trinajstić information content (AvgIpc) is 2.57. The predicted molar refractivity (Wildman–Crippen MR) is 60.8 cm³/mol. The SMILES string of the molecule is CC1(C)NCCC1c1ccc(F)c(C(F)(F)F)c1. The lowest BCUT2D eigenvalue weighted by molar-refractivity contribution is -0.140. The minimum absolute atomic E-state index is 0.0285. The van der Waals surface area contributed by atoms with Crippen LogP contribution in [0.25, 0.3) is 0 Å². The summed E-state index contributed by atoms with van der Waals surface area (Å²) in [6.07, 6.45) is -3.88. The van der Waals surface area contributed by atoms with Crippen molar-refractivity contribution in [1.82, 2.24) is 5.32 Å². The van der Waals surface area contributed by atoms with E-state index in [1.165, 1.54) is 6.07 Å². The van der Waals surface area contributed by atoms with Crippen molar-refractivity contribution in [2.75, 3.05) is 6.54 Å². The Balaban J connectivity index is 2.42. The van der Waals surface area contributed by atoms with Gasteiger partial charge in [-0.15, -0.1) is 0 Å². The third-order valence-corrected chi connectivity index (χ3v) is 3.58. The maximum Gasteiger partial charge on any atom is 0.419 e. The number of halogens is 4. The van der Waals surface area contributed by atoms with Gasteiger partial charge in [0, 0.05) is 11.5 Å². The van der Waals surface area contributed by atoms with Gasteiger partial charge < -0.3 is 5.32 Å². The van der Waals surface area contributed by atoms with Crippen LogP contribution in [-0.2, 0) is 6.18 Å². The van der Waals surface area contributed by atoms with Crippen LogP contribution < -0.4 is 5.32 Å². The molecule has 0 radical (unpaired) electrons. The Morgan fingerprint density at radius 2 is 1.94 bits per heavy atom. The highest BCUT2D eigenvalue weighted by Crippen LogP contribution is 2.39. The Hall–Kier alpha value is -1.10. The fourth-order valence-electron chi connectivity index (χ4n) is 2.58. The topological polar surface area (TPSA) is 12.0 Å². The van der Waals surface area contributed by atoms with Crippen LogP contribution in [0.3, 0.4) is 0 Å². The summed E-state index contributed by atoms with van der Waals surface area (Å²) >= 11 is 0. The van der Waals surface area contributed by atoms with E-state index in [0.717, 1.165) is 25.1 Å². The van der Waals surface area contributed by atoms with Crippen molar-refractivity contribution in [2.24, 2.45) is 0 Å². The molecule has 1 heterocycles. The van der Waals surface area contributed by atoms with Gasteiger partial charge in [-0.05, 0) is 44.5 Å². The number of alkyl halides is 3. The van der Waals surface area contributed by atoms with Gasteiger partial charge in [0.1, 0.15) is 5.82 Å². The first-order chi connectivity index (χ1) is 8.22. The Morgan fingerprint density at radius 1 is 1.28 bits per heavy atom. The minimum atomic E-state index is -4.64. The van der Waals surface area contributed by atoms with Crippen molar-refractivity contribution in [3.05, 3.63) is 35.1 Å². The van der Waals surface area contributed by atoms with Crippen molar-refractivity contribution in [3.8, 4) is 0 Å². The van der Waals surface area contributed by atoms with Crippen molar-refractivity contribution in [1.29, 1.82) is 0 Å². The lowest BCUT2D eigenvalue weighted by atomic mass is 9.83. The molecule has 1 unspecified atom stereocenters. The molecule has 1 aliphatic heterocycles. The lowest BCUT2D eigenvalue weighted by Gasteiger charge is -2.28. The maximum atomic E-state index is 13.2. The molecule has 100 valence electrons. The Kier molecular flexibility index (Phi) is 3.13. The summed E-state index contributed by atoms with van der Waals surface area (Å²) in [6.45, 7) is 4.65. The zero-order chi connectivity index (χ0) is 13.6. The largest absolute Gasteiger partial charge is 0.419 e. The van der Waals surface area contributed by atoms with Gasteiger partial charge in [0.15, 0.2) is 0 Å². The van der Waals surface area contributed by atoms with Crippen LogP contribution in [-0.4, -0.2) is 12.1 Å². The summed E-state index contributed by atoms with van der Waals surface area (Å²) in [6, 6.07) is 3.30. The zero-order valence-electron chi connectivity index (χ0n) is 10.2. The summed E-state index contributed by atoms with van der Waals surface area (Å²) in [4.78, 5) is 0. The van der Waals surface area contributed by atoms with Crippen LogP contribution in [0.4, 0.5) is 17.6 Å². The first-order valence-corrected chi connectivity index (χ1v) is 5.83. The first kappa shape index (κ1) is 13.3. The highest BCUT2D eigenvalue weighted by atomic mass is 19.4. The molecule has 2 rings (SSSR count). The molecule has 1 nitrogen and oxygen atoms in total. The molecule has 1 N–H and O–H groups in total. The second-order valence-electron chi connectivity index (χ2n) is 5.23. The number of rotatable bonds is 1. The normalized spacial score (nSPS) is 23.3. The smallest absolute Gasteiger partial charge is 0.311 e. The second kappa shape index (κ2) is 4.23. The van der Waals surface area contributed by atoms with Gasteiger partial charge in [0.25, 0.3) is 0 Å². The van der Waals surface area contributed by atoms with Crippen LogP contribution >= 0.6 is 0 Å². The van der Waals surface area contributed by atoms with Crippen LogP contribution in [0.1, 0.15) is 37.3 Å². The summed E-state index contributed by atoms with van der Waals surface area (Å²) in [7, 11) is 0. The lowest BCUT2D eigenvalue weighted by Crippen LogP contribution is -2.36. The van der Waals surface area contributed by atoms with E-state index in [1.807, 2.05) is 13.8 Å². The summed E-state index contributed by atoms with van der Waals surface area (Å²) in [5, 5.41) is 3.24. The number of hydrogen-bond donors (Lipinski definition) is 1. The average molecular weight is 261 g/mol. The Labute approximate surface area is 103 Å². The number of hydrogen-bond acceptors (Lipinski definition) is 1. The van der Waals surface area contributed by atoms with Gasteiger partial charge in [-0.1, -0.05) is 6.07 Å². The van der Waals surface area contributed by atoms with E-state index in [-0.39, 0.29) is 11.5 Å². The van der Waals surface area contributed by atoms with E-state index in [4.69, 9.17) is 0 Å². The van der Waals surface area contributed by atoms with Gasteiger partial charge in [-0.3, -0.25) is 0 Å². The van der Waals surface area contributed by atoms with E-state index >= 15 is 0 Å². The van der Waals surface area contributed by atoms with Crippen LogP contribution in [0.2, 0.25) is 0 Å². The quantitative estimate of drug-likeness (QED) is 0.760. The summed E-state index contributed by atoms with van der Waals surface area (Å²) < 4.78 is 51.2. The predicted octanol–water partition coefficient (Wildman–Crippen LogP) is 3.70. The van der Waals surface area contributed by atoms with Crippen LogP contribution in [0.15, 0.2) is 18.2 Å². The third-order valence-electron chi connectivity index (χ3n) is 3.58. The van der Waals surface area contributed by atoms with Crippen LogP contribution in [0.5, 0.6) is 0 Å². The van der Waals surface area contributed by atoms with Crippen molar-refractivity contribution >= 4 is 0 Å². The fraction of sp³-hybridized carbons (Fsp3) is 0.538. The van der Waals surface area contributed by atoms with E-state index < -0.39 is 17.6 Å². The Bertz CT molecular complexity index is 451. The zero-order valence-corrected chi connectivity index (χ0v) is 10.2. The molecule has 0 aromatic heterocycles. The number of benzene rings is 1. The minimum Gasteiger partial charge on any atom is -0.311 e. The summed E-state index contributed by atoms with van der Waals surface area (Å²) in [5.74, 6) is -1.24. The number of nitrogens with one attached hydrogen (secondary N) is 1. The standard InChI is InChI=1S/C13H15F4N/c1-12(2)9(5-6-18-12)8-3-4-11(14)10(7-8)13(15,16)17/h3-4,7,9,18H,5-6H2,1-2H3. The van der Waals surface area contributed by atoms with Gasteiger partial charge in [-0.25, -0.2) is 4.39 Å². The van der Waals surface area contributed by atoms with Crippen molar-refractivity contribution in [3.63, 3.8) is 0 Å². The fourth-order valence-corrected chi connectivity index (χ4v) is 2.58. The van der Waals surface area contributed by atoms with E-state index in [2.05, 4.69) is 5.32 Å². The highest BCUT2D eigenvalue weighted by Gasteiger charge is 2.38. The molecule has 1 aromatic carbocycles. The molecule has 1 saturated heterocycles. The monoisotopic (exact) mass is 261 g/mol. The molecule has 1 aliphatic rings. The molecule has 0 aliphatic carbocycles. The molecule has 0 spiro atoms. The molecular formula is C13H15F4N. The molecule has 1 fully saturated rings. The van der Waals surface area contributed by atoms with Crippen molar-refractivity contribution in [2.45, 2.75) is 37.9 Å². The van der Waals surface area contributed by atoms with E-state index in [1.54, 1.807) is 0 Å². The maximum absolute atomic E-state index is 13.2. The molecule has 1 atom stereocenters. The molecular weight excluding hydrogens is 246 g/mol.